The SMILES string of the molecule is CN(CCCOc1ccc(-c2nn(C)c3ccc(Br)cc23)c(F)c1)C(=O)OC(C)(C)C. The fourth-order valence-corrected chi connectivity index (χ4v) is 3.50. The molecule has 0 fully saturated rings. The highest BCUT2D eigenvalue weighted by Gasteiger charge is 2.19. The van der Waals surface area contributed by atoms with Crippen molar-refractivity contribution in [2.75, 3.05) is 20.2 Å². The molecule has 6 nitrogen and oxygen atoms in total. The van der Waals surface area contributed by atoms with Crippen LogP contribution in [0.15, 0.2) is 40.9 Å². The van der Waals surface area contributed by atoms with Crippen molar-refractivity contribution in [3.8, 4) is 17.0 Å². The molecule has 166 valence electrons. The third-order valence-corrected chi connectivity index (χ3v) is 5.11. The van der Waals surface area contributed by atoms with E-state index in [2.05, 4.69) is 21.0 Å². The topological polar surface area (TPSA) is 56.6 Å². The van der Waals surface area contributed by atoms with E-state index in [0.717, 1.165) is 15.4 Å². The number of amides is 1. The number of halogens is 2. The van der Waals surface area contributed by atoms with Crippen molar-refractivity contribution in [1.29, 1.82) is 0 Å². The van der Waals surface area contributed by atoms with Crippen molar-refractivity contribution in [3.63, 3.8) is 0 Å². The molecular weight excluding hydrogens is 465 g/mol. The third kappa shape index (κ3) is 5.76. The zero-order valence-electron chi connectivity index (χ0n) is 18.4. The first-order chi connectivity index (χ1) is 14.5. The average molecular weight is 492 g/mol. The Hall–Kier alpha value is -2.61. The van der Waals surface area contributed by atoms with Gasteiger partial charge in [0.25, 0.3) is 0 Å². The van der Waals surface area contributed by atoms with Gasteiger partial charge in [-0.15, -0.1) is 0 Å². The Kier molecular flexibility index (Phi) is 6.89. The van der Waals surface area contributed by atoms with E-state index in [4.69, 9.17) is 9.47 Å². The number of carbonyl (C=O) groups is 1. The Balaban J connectivity index is 1.62. The normalized spacial score (nSPS) is 11.6. The predicted molar refractivity (Wildman–Crippen MR) is 123 cm³/mol. The number of ether oxygens (including phenoxy) is 2. The van der Waals surface area contributed by atoms with Crippen LogP contribution >= 0.6 is 15.9 Å². The van der Waals surface area contributed by atoms with Gasteiger partial charge < -0.3 is 14.4 Å². The lowest BCUT2D eigenvalue weighted by molar-refractivity contribution is 0.0292. The van der Waals surface area contributed by atoms with Crippen LogP contribution in [0, 0.1) is 5.82 Å². The minimum atomic E-state index is -0.532. The number of aromatic nitrogens is 2. The summed E-state index contributed by atoms with van der Waals surface area (Å²) in [6.07, 6.45) is 0.218. The number of aryl methyl sites for hydroxylation is 1. The van der Waals surface area contributed by atoms with E-state index in [1.54, 1.807) is 23.9 Å². The Morgan fingerprint density at radius 1 is 1.23 bits per heavy atom. The van der Waals surface area contributed by atoms with Crippen LogP contribution in [-0.2, 0) is 11.8 Å². The molecule has 1 heterocycles. The highest BCUT2D eigenvalue weighted by atomic mass is 79.9. The zero-order valence-corrected chi connectivity index (χ0v) is 20.0. The maximum Gasteiger partial charge on any atom is 0.410 e. The van der Waals surface area contributed by atoms with Crippen LogP contribution in [0.25, 0.3) is 22.2 Å². The van der Waals surface area contributed by atoms with Gasteiger partial charge in [-0.25, -0.2) is 9.18 Å². The second kappa shape index (κ2) is 9.26. The molecule has 8 heteroatoms. The molecule has 3 aromatic rings. The van der Waals surface area contributed by atoms with Gasteiger partial charge in [-0.1, -0.05) is 15.9 Å². The number of carbonyl (C=O) groups excluding carboxylic acids is 1. The van der Waals surface area contributed by atoms with Crippen LogP contribution < -0.4 is 4.74 Å². The molecule has 0 aliphatic heterocycles. The molecule has 2 aromatic carbocycles. The molecular formula is C23H27BrFN3O3. The summed E-state index contributed by atoms with van der Waals surface area (Å²) < 4.78 is 28.5. The van der Waals surface area contributed by atoms with Gasteiger partial charge in [0.15, 0.2) is 0 Å². The molecule has 1 amide bonds. The predicted octanol–water partition coefficient (Wildman–Crippen LogP) is 5.78. The lowest BCUT2D eigenvalue weighted by Gasteiger charge is -2.24. The van der Waals surface area contributed by atoms with Crippen LogP contribution in [-0.4, -0.2) is 46.6 Å². The average Bonchev–Trinajstić information content (AvgIpc) is 2.99. The Bertz CT molecular complexity index is 1090. The van der Waals surface area contributed by atoms with Gasteiger partial charge in [0.05, 0.1) is 12.1 Å². The highest BCUT2D eigenvalue weighted by Crippen LogP contribution is 2.32. The summed E-state index contributed by atoms with van der Waals surface area (Å²) in [6.45, 7) is 6.31. The smallest absolute Gasteiger partial charge is 0.410 e. The molecule has 3 rings (SSSR count). The summed E-state index contributed by atoms with van der Waals surface area (Å²) in [7, 11) is 3.52. The van der Waals surface area contributed by atoms with Crippen molar-refractivity contribution in [2.45, 2.75) is 32.8 Å². The van der Waals surface area contributed by atoms with E-state index in [1.165, 1.54) is 11.0 Å². The van der Waals surface area contributed by atoms with E-state index in [-0.39, 0.29) is 6.09 Å². The summed E-state index contributed by atoms with van der Waals surface area (Å²) in [5.74, 6) is 0.0333. The van der Waals surface area contributed by atoms with Gasteiger partial charge >= 0.3 is 6.09 Å². The van der Waals surface area contributed by atoms with Gasteiger partial charge in [0, 0.05) is 42.1 Å². The molecule has 0 unspecified atom stereocenters. The third-order valence-electron chi connectivity index (χ3n) is 4.62. The van der Waals surface area contributed by atoms with Crippen molar-refractivity contribution in [1.82, 2.24) is 14.7 Å². The Labute approximate surface area is 190 Å². The quantitative estimate of drug-likeness (QED) is 0.410. The van der Waals surface area contributed by atoms with Crippen LogP contribution in [0.1, 0.15) is 27.2 Å². The van der Waals surface area contributed by atoms with Crippen LogP contribution in [0.3, 0.4) is 0 Å². The number of rotatable bonds is 6. The molecule has 0 saturated heterocycles. The zero-order chi connectivity index (χ0) is 22.8. The summed E-state index contributed by atoms with van der Waals surface area (Å²) in [4.78, 5) is 13.5. The molecule has 1 aromatic heterocycles. The lowest BCUT2D eigenvalue weighted by Crippen LogP contribution is -2.35. The minimum Gasteiger partial charge on any atom is -0.493 e. The number of hydrogen-bond acceptors (Lipinski definition) is 4. The van der Waals surface area contributed by atoms with Gasteiger partial charge in [0.1, 0.15) is 22.9 Å². The molecule has 0 saturated carbocycles. The molecule has 0 radical (unpaired) electrons. The largest absolute Gasteiger partial charge is 0.493 e. The fourth-order valence-electron chi connectivity index (χ4n) is 3.14. The Morgan fingerprint density at radius 2 is 1.97 bits per heavy atom. The molecule has 0 spiro atoms. The fraction of sp³-hybridized carbons (Fsp3) is 0.391. The highest BCUT2D eigenvalue weighted by molar-refractivity contribution is 9.10. The van der Waals surface area contributed by atoms with E-state index in [9.17, 15) is 9.18 Å². The Morgan fingerprint density at radius 3 is 2.65 bits per heavy atom. The maximum absolute atomic E-state index is 14.9. The van der Waals surface area contributed by atoms with E-state index >= 15 is 0 Å². The van der Waals surface area contributed by atoms with Gasteiger partial charge in [-0.3, -0.25) is 4.68 Å². The summed E-state index contributed by atoms with van der Waals surface area (Å²) in [5, 5.41) is 5.36. The summed E-state index contributed by atoms with van der Waals surface area (Å²) in [6, 6.07) is 10.6. The number of hydrogen-bond donors (Lipinski definition) is 0. The maximum atomic E-state index is 14.9. The first-order valence-electron chi connectivity index (χ1n) is 10.0. The van der Waals surface area contributed by atoms with Crippen molar-refractivity contribution in [2.24, 2.45) is 7.05 Å². The van der Waals surface area contributed by atoms with E-state index < -0.39 is 11.4 Å². The molecule has 0 aliphatic carbocycles. The van der Waals surface area contributed by atoms with Crippen LogP contribution in [0.4, 0.5) is 9.18 Å². The molecule has 0 bridgehead atoms. The second-order valence-corrected chi connectivity index (χ2v) is 9.29. The summed E-state index contributed by atoms with van der Waals surface area (Å²) >= 11 is 3.46. The monoisotopic (exact) mass is 491 g/mol. The van der Waals surface area contributed by atoms with E-state index in [1.807, 2.05) is 46.0 Å². The lowest BCUT2D eigenvalue weighted by atomic mass is 10.1. The van der Waals surface area contributed by atoms with Crippen LogP contribution in [0.2, 0.25) is 0 Å². The number of nitrogens with zero attached hydrogens (tertiary/aromatic N) is 3. The molecule has 0 atom stereocenters. The standard InChI is InChI=1S/C23H27BrFN3O3/c1-23(2,3)31-22(29)27(4)11-6-12-30-16-8-9-17(19(25)14-16)21-18-13-15(24)7-10-20(18)28(5)26-21/h7-10,13-14H,6,11-12H2,1-5H3. The second-order valence-electron chi connectivity index (χ2n) is 8.38. The molecule has 0 N–H and O–H groups in total. The number of fused-ring (bicyclic) bond motifs is 1. The first-order valence-corrected chi connectivity index (χ1v) is 10.8. The van der Waals surface area contributed by atoms with Gasteiger partial charge in [0.2, 0.25) is 0 Å². The van der Waals surface area contributed by atoms with Crippen molar-refractivity contribution < 1.29 is 18.7 Å². The van der Waals surface area contributed by atoms with Crippen molar-refractivity contribution in [3.05, 3.63) is 46.7 Å². The van der Waals surface area contributed by atoms with Crippen LogP contribution in [0.5, 0.6) is 5.75 Å². The van der Waals surface area contributed by atoms with Gasteiger partial charge in [-0.05, 0) is 57.5 Å². The molecule has 31 heavy (non-hydrogen) atoms. The molecule has 0 aliphatic rings. The minimum absolute atomic E-state index is 0.353. The van der Waals surface area contributed by atoms with E-state index in [0.29, 0.717) is 36.6 Å². The van der Waals surface area contributed by atoms with Gasteiger partial charge in [-0.2, -0.15) is 5.10 Å². The van der Waals surface area contributed by atoms with Crippen molar-refractivity contribution >= 4 is 32.9 Å². The summed E-state index contributed by atoms with van der Waals surface area (Å²) in [5.41, 5.74) is 1.39. The first kappa shape index (κ1) is 23.1. The number of benzene rings is 2.